The predicted octanol–water partition coefficient (Wildman–Crippen LogP) is 1.65. The van der Waals surface area contributed by atoms with Gasteiger partial charge in [-0.15, -0.1) is 0 Å². The molecule has 0 bridgehead atoms. The number of ether oxygens (including phenoxy) is 3. The van der Waals surface area contributed by atoms with E-state index in [4.69, 9.17) is 14.2 Å². The van der Waals surface area contributed by atoms with Crippen molar-refractivity contribution in [3.05, 3.63) is 11.6 Å². The highest BCUT2D eigenvalue weighted by atomic mass is 16.7. The van der Waals surface area contributed by atoms with Crippen molar-refractivity contribution in [2.75, 3.05) is 19.8 Å². The smallest absolute Gasteiger partial charge is 0.330 e. The summed E-state index contributed by atoms with van der Waals surface area (Å²) in [6.45, 7) is 5.51. The van der Waals surface area contributed by atoms with E-state index < -0.39 is 0 Å². The van der Waals surface area contributed by atoms with Gasteiger partial charge in [0.25, 0.3) is 0 Å². The van der Waals surface area contributed by atoms with Crippen molar-refractivity contribution < 1.29 is 19.0 Å². The van der Waals surface area contributed by atoms with Gasteiger partial charge < -0.3 is 14.2 Å². The molecule has 1 fully saturated rings. The molecule has 0 aliphatic carbocycles. The molecule has 1 aliphatic heterocycles. The minimum absolute atomic E-state index is 0.210. The van der Waals surface area contributed by atoms with Crippen LogP contribution in [-0.4, -0.2) is 32.1 Å². The maximum Gasteiger partial charge on any atom is 0.330 e. The summed E-state index contributed by atoms with van der Waals surface area (Å²) in [5.74, 6) is -0.300. The standard InChI is InChI=1S/C11H18O4/c1-9(2)8-10(12)13-7-4-11-14-5-3-6-15-11/h8,11H,3-7H2,1-2H3. The molecule has 0 aromatic carbocycles. The second-order valence-corrected chi connectivity index (χ2v) is 3.70. The Morgan fingerprint density at radius 3 is 2.67 bits per heavy atom. The molecule has 0 saturated carbocycles. The summed E-state index contributed by atoms with van der Waals surface area (Å²) >= 11 is 0. The van der Waals surface area contributed by atoms with Crippen molar-refractivity contribution in [3.63, 3.8) is 0 Å². The minimum atomic E-state index is -0.300. The lowest BCUT2D eigenvalue weighted by Gasteiger charge is -2.22. The Morgan fingerprint density at radius 2 is 2.07 bits per heavy atom. The molecule has 1 aliphatic rings. The van der Waals surface area contributed by atoms with Crippen molar-refractivity contribution in [2.45, 2.75) is 33.0 Å². The summed E-state index contributed by atoms with van der Waals surface area (Å²) in [5.41, 5.74) is 0.935. The fourth-order valence-electron chi connectivity index (χ4n) is 1.24. The Hall–Kier alpha value is -0.870. The van der Waals surface area contributed by atoms with Crippen LogP contribution >= 0.6 is 0 Å². The Bertz CT molecular complexity index is 225. The highest BCUT2D eigenvalue weighted by Gasteiger charge is 2.14. The van der Waals surface area contributed by atoms with Crippen LogP contribution in [-0.2, 0) is 19.0 Å². The third-order valence-corrected chi connectivity index (χ3v) is 1.90. The summed E-state index contributed by atoms with van der Waals surface area (Å²) in [6.07, 6.45) is 2.80. The first-order chi connectivity index (χ1) is 7.18. The molecule has 15 heavy (non-hydrogen) atoms. The van der Waals surface area contributed by atoms with E-state index in [1.54, 1.807) is 0 Å². The number of carbonyl (C=O) groups excluding carboxylic acids is 1. The molecule has 0 aromatic heterocycles. The second kappa shape index (κ2) is 6.58. The summed E-state index contributed by atoms with van der Waals surface area (Å²) in [6, 6.07) is 0. The van der Waals surface area contributed by atoms with E-state index in [0.29, 0.717) is 13.0 Å². The van der Waals surface area contributed by atoms with E-state index in [-0.39, 0.29) is 12.3 Å². The number of hydrogen-bond donors (Lipinski definition) is 0. The molecule has 86 valence electrons. The van der Waals surface area contributed by atoms with Gasteiger partial charge in [0.05, 0.1) is 19.8 Å². The number of allylic oxidation sites excluding steroid dienone is 1. The van der Waals surface area contributed by atoms with Gasteiger partial charge >= 0.3 is 5.97 Å². The maximum atomic E-state index is 11.1. The summed E-state index contributed by atoms with van der Waals surface area (Å²) < 4.78 is 15.6. The van der Waals surface area contributed by atoms with Gasteiger partial charge in [-0.1, -0.05) is 5.57 Å². The SMILES string of the molecule is CC(C)=CC(=O)OCCC1OCCCO1. The van der Waals surface area contributed by atoms with Crippen LogP contribution < -0.4 is 0 Å². The van der Waals surface area contributed by atoms with Gasteiger partial charge in [0, 0.05) is 12.5 Å². The normalized spacial score (nSPS) is 17.2. The highest BCUT2D eigenvalue weighted by molar-refractivity contribution is 5.82. The molecule has 4 nitrogen and oxygen atoms in total. The number of carbonyl (C=O) groups is 1. The molecule has 1 rings (SSSR count). The van der Waals surface area contributed by atoms with Crippen molar-refractivity contribution in [1.82, 2.24) is 0 Å². The molecule has 4 heteroatoms. The highest BCUT2D eigenvalue weighted by Crippen LogP contribution is 2.08. The van der Waals surface area contributed by atoms with Crippen molar-refractivity contribution in [1.29, 1.82) is 0 Å². The molecular weight excluding hydrogens is 196 g/mol. The average Bonchev–Trinajstić information content (AvgIpc) is 2.18. The molecule has 0 amide bonds. The van der Waals surface area contributed by atoms with Crippen molar-refractivity contribution in [3.8, 4) is 0 Å². The molecule has 1 saturated heterocycles. The van der Waals surface area contributed by atoms with Crippen LogP contribution in [0.3, 0.4) is 0 Å². The summed E-state index contributed by atoms with van der Waals surface area (Å²) in [4.78, 5) is 11.1. The summed E-state index contributed by atoms with van der Waals surface area (Å²) in [5, 5.41) is 0. The van der Waals surface area contributed by atoms with Crippen LogP contribution in [0.1, 0.15) is 26.7 Å². The largest absolute Gasteiger partial charge is 0.462 e. The van der Waals surface area contributed by atoms with E-state index >= 15 is 0 Å². The van der Waals surface area contributed by atoms with Gasteiger partial charge in [-0.3, -0.25) is 0 Å². The molecular formula is C11H18O4. The first-order valence-electron chi connectivity index (χ1n) is 5.23. The maximum absolute atomic E-state index is 11.1. The van der Waals surface area contributed by atoms with E-state index in [9.17, 15) is 4.79 Å². The Kier molecular flexibility index (Phi) is 5.36. The number of hydrogen-bond acceptors (Lipinski definition) is 4. The van der Waals surface area contributed by atoms with E-state index in [1.165, 1.54) is 6.08 Å². The Morgan fingerprint density at radius 1 is 1.40 bits per heavy atom. The fourth-order valence-corrected chi connectivity index (χ4v) is 1.24. The van der Waals surface area contributed by atoms with Gasteiger partial charge in [0.15, 0.2) is 6.29 Å². The lowest BCUT2D eigenvalue weighted by atomic mass is 10.3. The van der Waals surface area contributed by atoms with Gasteiger partial charge in [0.2, 0.25) is 0 Å². The number of rotatable bonds is 4. The topological polar surface area (TPSA) is 44.8 Å². The second-order valence-electron chi connectivity index (χ2n) is 3.70. The Labute approximate surface area is 90.2 Å². The molecule has 0 unspecified atom stereocenters. The average molecular weight is 214 g/mol. The molecule has 0 atom stereocenters. The van der Waals surface area contributed by atoms with E-state index in [0.717, 1.165) is 25.2 Å². The minimum Gasteiger partial charge on any atom is -0.462 e. The van der Waals surface area contributed by atoms with Crippen LogP contribution in [0.2, 0.25) is 0 Å². The third kappa shape index (κ3) is 5.54. The number of esters is 1. The van der Waals surface area contributed by atoms with E-state index in [2.05, 4.69) is 0 Å². The molecule has 1 heterocycles. The lowest BCUT2D eigenvalue weighted by Crippen LogP contribution is -2.26. The van der Waals surface area contributed by atoms with Crippen LogP contribution in [0.25, 0.3) is 0 Å². The summed E-state index contributed by atoms with van der Waals surface area (Å²) in [7, 11) is 0. The monoisotopic (exact) mass is 214 g/mol. The third-order valence-electron chi connectivity index (χ3n) is 1.90. The van der Waals surface area contributed by atoms with Crippen LogP contribution in [0.4, 0.5) is 0 Å². The van der Waals surface area contributed by atoms with Gasteiger partial charge in [-0.2, -0.15) is 0 Å². The predicted molar refractivity (Wildman–Crippen MR) is 55.3 cm³/mol. The van der Waals surface area contributed by atoms with Crippen LogP contribution in [0, 0.1) is 0 Å². The zero-order chi connectivity index (χ0) is 11.1. The van der Waals surface area contributed by atoms with Crippen LogP contribution in [0.15, 0.2) is 11.6 Å². The van der Waals surface area contributed by atoms with E-state index in [1.807, 2.05) is 13.8 Å². The lowest BCUT2D eigenvalue weighted by molar-refractivity contribution is -0.186. The molecule has 0 radical (unpaired) electrons. The zero-order valence-electron chi connectivity index (χ0n) is 9.32. The first kappa shape index (κ1) is 12.2. The van der Waals surface area contributed by atoms with Gasteiger partial charge in [-0.25, -0.2) is 4.79 Å². The quantitative estimate of drug-likeness (QED) is 0.527. The molecule has 0 N–H and O–H groups in total. The fraction of sp³-hybridized carbons (Fsp3) is 0.727. The van der Waals surface area contributed by atoms with Gasteiger partial charge in [-0.05, 0) is 20.3 Å². The van der Waals surface area contributed by atoms with Gasteiger partial charge in [0.1, 0.15) is 0 Å². The Balaban J connectivity index is 2.10. The van der Waals surface area contributed by atoms with Crippen molar-refractivity contribution in [2.24, 2.45) is 0 Å². The van der Waals surface area contributed by atoms with Crippen molar-refractivity contribution >= 4 is 5.97 Å². The first-order valence-corrected chi connectivity index (χ1v) is 5.23. The molecule has 0 aromatic rings. The zero-order valence-corrected chi connectivity index (χ0v) is 9.32. The van der Waals surface area contributed by atoms with Crippen LogP contribution in [0.5, 0.6) is 0 Å². The molecule has 0 spiro atoms.